The highest BCUT2D eigenvalue weighted by Gasteiger charge is 2.33. The molecular formula is C14H16ClF3N2O2. The first kappa shape index (κ1) is 17.1. The van der Waals surface area contributed by atoms with Crippen molar-refractivity contribution in [2.24, 2.45) is 0 Å². The number of ether oxygens (including phenoxy) is 1. The second-order valence-corrected chi connectivity index (χ2v) is 5.41. The van der Waals surface area contributed by atoms with E-state index < -0.39 is 22.8 Å². The normalized spacial score (nSPS) is 18.0. The van der Waals surface area contributed by atoms with Gasteiger partial charge >= 0.3 is 6.18 Å². The average molecular weight is 337 g/mol. The molecule has 0 bridgehead atoms. The van der Waals surface area contributed by atoms with E-state index in [0.29, 0.717) is 26.3 Å². The van der Waals surface area contributed by atoms with Crippen LogP contribution in [0.25, 0.3) is 0 Å². The zero-order valence-electron chi connectivity index (χ0n) is 11.9. The van der Waals surface area contributed by atoms with Gasteiger partial charge in [-0.05, 0) is 25.1 Å². The highest BCUT2D eigenvalue weighted by atomic mass is 35.5. The van der Waals surface area contributed by atoms with Crippen LogP contribution in [0.15, 0.2) is 18.2 Å². The predicted molar refractivity (Wildman–Crippen MR) is 76.9 cm³/mol. The van der Waals surface area contributed by atoms with Crippen LogP contribution in [0.4, 0.5) is 18.9 Å². The van der Waals surface area contributed by atoms with Gasteiger partial charge in [-0.2, -0.15) is 13.2 Å². The molecule has 0 radical (unpaired) electrons. The van der Waals surface area contributed by atoms with E-state index in [-0.39, 0.29) is 11.6 Å². The first-order valence-electron chi connectivity index (χ1n) is 6.78. The Morgan fingerprint density at radius 3 is 2.59 bits per heavy atom. The van der Waals surface area contributed by atoms with E-state index in [2.05, 4.69) is 5.32 Å². The summed E-state index contributed by atoms with van der Waals surface area (Å²) in [7, 11) is 0. The molecule has 1 aromatic rings. The smallest absolute Gasteiger partial charge is 0.379 e. The van der Waals surface area contributed by atoms with Gasteiger partial charge in [0.15, 0.2) is 0 Å². The van der Waals surface area contributed by atoms with Crippen molar-refractivity contribution in [3.05, 3.63) is 28.8 Å². The molecule has 0 spiro atoms. The number of hydrogen-bond acceptors (Lipinski definition) is 3. The summed E-state index contributed by atoms with van der Waals surface area (Å²) in [5.41, 5.74) is -0.896. The Morgan fingerprint density at radius 2 is 2.00 bits per heavy atom. The Labute approximate surface area is 131 Å². The molecule has 8 heteroatoms. The standard InChI is InChI=1S/C14H16ClF3N2O2/c1-9(20-4-6-22-7-5-20)13(21)19-10-2-3-12(15)11(8-10)14(16,17)18/h2-3,8-9H,4-7H2,1H3,(H,19,21)/t9-/m1/s1. The van der Waals surface area contributed by atoms with E-state index in [1.807, 2.05) is 4.90 Å². The van der Waals surface area contributed by atoms with Crippen molar-refractivity contribution in [2.45, 2.75) is 19.1 Å². The maximum Gasteiger partial charge on any atom is 0.417 e. The Balaban J connectivity index is 2.08. The van der Waals surface area contributed by atoms with Gasteiger partial charge in [-0.25, -0.2) is 0 Å². The topological polar surface area (TPSA) is 41.6 Å². The second-order valence-electron chi connectivity index (χ2n) is 5.01. The summed E-state index contributed by atoms with van der Waals surface area (Å²) in [6.45, 7) is 4.01. The van der Waals surface area contributed by atoms with E-state index >= 15 is 0 Å². The van der Waals surface area contributed by atoms with Crippen molar-refractivity contribution in [1.82, 2.24) is 4.90 Å². The summed E-state index contributed by atoms with van der Waals surface area (Å²) in [6.07, 6.45) is -4.56. The number of halogens is 4. The van der Waals surface area contributed by atoms with Crippen molar-refractivity contribution in [3.63, 3.8) is 0 Å². The summed E-state index contributed by atoms with van der Waals surface area (Å²) in [5.74, 6) is -0.364. The molecule has 0 aliphatic carbocycles. The van der Waals surface area contributed by atoms with Crippen molar-refractivity contribution in [1.29, 1.82) is 0 Å². The number of anilines is 1. The summed E-state index contributed by atoms with van der Waals surface area (Å²) in [4.78, 5) is 14.1. The van der Waals surface area contributed by atoms with Gasteiger partial charge in [0, 0.05) is 18.8 Å². The molecule has 2 rings (SSSR count). The number of carbonyl (C=O) groups is 1. The fourth-order valence-electron chi connectivity index (χ4n) is 2.20. The first-order chi connectivity index (χ1) is 10.3. The number of nitrogens with one attached hydrogen (secondary N) is 1. The molecule has 1 aromatic carbocycles. The van der Waals surface area contributed by atoms with Crippen LogP contribution in [-0.4, -0.2) is 43.2 Å². The van der Waals surface area contributed by atoms with E-state index in [4.69, 9.17) is 16.3 Å². The highest BCUT2D eigenvalue weighted by Crippen LogP contribution is 2.36. The molecule has 4 nitrogen and oxygen atoms in total. The van der Waals surface area contributed by atoms with Gasteiger partial charge in [-0.3, -0.25) is 9.69 Å². The number of alkyl halides is 3. The average Bonchev–Trinajstić information content (AvgIpc) is 2.48. The number of nitrogens with zero attached hydrogens (tertiary/aromatic N) is 1. The van der Waals surface area contributed by atoms with Gasteiger partial charge in [0.05, 0.1) is 29.8 Å². The summed E-state index contributed by atoms with van der Waals surface area (Å²) >= 11 is 5.55. The van der Waals surface area contributed by atoms with Crippen LogP contribution in [0.2, 0.25) is 5.02 Å². The quantitative estimate of drug-likeness (QED) is 0.922. The maximum absolute atomic E-state index is 12.8. The third kappa shape index (κ3) is 4.12. The molecule has 122 valence electrons. The number of carbonyl (C=O) groups excluding carboxylic acids is 1. The molecule has 0 aromatic heterocycles. The monoisotopic (exact) mass is 336 g/mol. The van der Waals surface area contributed by atoms with Gasteiger partial charge in [0.1, 0.15) is 0 Å². The fraction of sp³-hybridized carbons (Fsp3) is 0.500. The van der Waals surface area contributed by atoms with Crippen molar-refractivity contribution < 1.29 is 22.7 Å². The third-order valence-electron chi connectivity index (χ3n) is 3.51. The van der Waals surface area contributed by atoms with Crippen LogP contribution in [0.1, 0.15) is 12.5 Å². The third-order valence-corrected chi connectivity index (χ3v) is 3.84. The van der Waals surface area contributed by atoms with Crippen LogP contribution in [0, 0.1) is 0 Å². The van der Waals surface area contributed by atoms with E-state index in [1.165, 1.54) is 6.07 Å². The molecular weight excluding hydrogens is 321 g/mol. The molecule has 22 heavy (non-hydrogen) atoms. The van der Waals surface area contributed by atoms with Crippen LogP contribution >= 0.6 is 11.6 Å². The number of benzene rings is 1. The Bertz CT molecular complexity index is 545. The molecule has 1 atom stereocenters. The molecule has 1 amide bonds. The fourth-order valence-corrected chi connectivity index (χ4v) is 2.42. The zero-order valence-corrected chi connectivity index (χ0v) is 12.7. The molecule has 1 saturated heterocycles. The lowest BCUT2D eigenvalue weighted by atomic mass is 10.1. The minimum absolute atomic E-state index is 0.0711. The minimum atomic E-state index is -4.56. The molecule has 0 unspecified atom stereocenters. The molecule has 0 saturated carbocycles. The van der Waals surface area contributed by atoms with Gasteiger partial charge in [-0.15, -0.1) is 0 Å². The molecule has 1 aliphatic heterocycles. The van der Waals surface area contributed by atoms with E-state index in [9.17, 15) is 18.0 Å². The first-order valence-corrected chi connectivity index (χ1v) is 7.16. The van der Waals surface area contributed by atoms with Crippen LogP contribution in [0.5, 0.6) is 0 Å². The number of hydrogen-bond donors (Lipinski definition) is 1. The number of amides is 1. The molecule has 1 N–H and O–H groups in total. The molecule has 1 fully saturated rings. The highest BCUT2D eigenvalue weighted by molar-refractivity contribution is 6.31. The second kappa shape index (κ2) is 6.85. The Hall–Kier alpha value is -1.31. The zero-order chi connectivity index (χ0) is 16.3. The van der Waals surface area contributed by atoms with Crippen LogP contribution in [0.3, 0.4) is 0 Å². The number of rotatable bonds is 3. The lowest BCUT2D eigenvalue weighted by molar-refractivity contribution is -0.137. The minimum Gasteiger partial charge on any atom is -0.379 e. The van der Waals surface area contributed by atoms with Gasteiger partial charge in [0.2, 0.25) is 5.91 Å². The van der Waals surface area contributed by atoms with Crippen molar-refractivity contribution >= 4 is 23.2 Å². The van der Waals surface area contributed by atoms with Crippen molar-refractivity contribution in [3.8, 4) is 0 Å². The molecule has 1 aliphatic rings. The largest absolute Gasteiger partial charge is 0.417 e. The van der Waals surface area contributed by atoms with Crippen LogP contribution in [-0.2, 0) is 15.7 Å². The predicted octanol–water partition coefficient (Wildman–Crippen LogP) is 3.02. The summed E-state index contributed by atoms with van der Waals surface area (Å²) in [6, 6.07) is 2.86. The van der Waals surface area contributed by atoms with E-state index in [0.717, 1.165) is 12.1 Å². The summed E-state index contributed by atoms with van der Waals surface area (Å²) < 4.78 is 43.6. The SMILES string of the molecule is C[C@H](C(=O)Nc1ccc(Cl)c(C(F)(F)F)c1)N1CCOCC1. The number of morpholine rings is 1. The molecule has 1 heterocycles. The Morgan fingerprint density at radius 1 is 1.36 bits per heavy atom. The van der Waals surface area contributed by atoms with E-state index in [1.54, 1.807) is 6.92 Å². The maximum atomic E-state index is 12.8. The summed E-state index contributed by atoms with van der Waals surface area (Å²) in [5, 5.41) is 2.10. The van der Waals surface area contributed by atoms with Gasteiger partial charge in [-0.1, -0.05) is 11.6 Å². The van der Waals surface area contributed by atoms with Crippen molar-refractivity contribution in [2.75, 3.05) is 31.6 Å². The Kier molecular flexibility index (Phi) is 5.31. The lowest BCUT2D eigenvalue weighted by Crippen LogP contribution is -2.47. The van der Waals surface area contributed by atoms with Gasteiger partial charge < -0.3 is 10.1 Å². The van der Waals surface area contributed by atoms with Gasteiger partial charge in [0.25, 0.3) is 0 Å². The lowest BCUT2D eigenvalue weighted by Gasteiger charge is -2.31. The van der Waals surface area contributed by atoms with Crippen LogP contribution < -0.4 is 5.32 Å².